The number of hydrogen-bond acceptors (Lipinski definition) is 6. The predicted molar refractivity (Wildman–Crippen MR) is 104 cm³/mol. The molecule has 158 valence electrons. The number of aromatic nitrogens is 3. The van der Waals surface area contributed by atoms with Gasteiger partial charge in [-0.1, -0.05) is 23.4 Å². The fraction of sp³-hybridized carbons (Fsp3) is 0.381. The number of hydrogen-bond donors (Lipinski definition) is 0. The molecule has 3 heterocycles. The quantitative estimate of drug-likeness (QED) is 0.625. The van der Waals surface area contributed by atoms with Crippen LogP contribution in [0.3, 0.4) is 0 Å². The molecule has 1 aliphatic rings. The Labute approximate surface area is 172 Å². The molecule has 9 heteroatoms. The van der Waals surface area contributed by atoms with Crippen LogP contribution >= 0.6 is 0 Å². The maximum Gasteiger partial charge on any atom is 0.416 e. The minimum absolute atomic E-state index is 0.167. The van der Waals surface area contributed by atoms with E-state index in [4.69, 9.17) is 4.52 Å². The van der Waals surface area contributed by atoms with Crippen molar-refractivity contribution in [2.75, 3.05) is 26.2 Å². The van der Waals surface area contributed by atoms with Crippen molar-refractivity contribution >= 4 is 0 Å². The summed E-state index contributed by atoms with van der Waals surface area (Å²) < 4.78 is 44.0. The van der Waals surface area contributed by atoms with Crippen molar-refractivity contribution in [1.29, 1.82) is 0 Å². The summed E-state index contributed by atoms with van der Waals surface area (Å²) in [5.74, 6) is 0.566. The zero-order chi connectivity index (χ0) is 21.1. The number of alkyl halides is 3. The standard InChI is InChI=1S/C21H22F3N5O/c1-15(17-5-3-7-25-13-17)29-10-8-28(9-11-29)14-19-26-20(27-30-19)16-4-2-6-18(12-16)21(22,23)24/h2-7,12-13,15H,8-11,14H2,1H3. The summed E-state index contributed by atoms with van der Waals surface area (Å²) in [6, 6.07) is 9.26. The highest BCUT2D eigenvalue weighted by atomic mass is 19.4. The zero-order valence-electron chi connectivity index (χ0n) is 16.5. The van der Waals surface area contributed by atoms with Gasteiger partial charge in [-0.05, 0) is 30.7 Å². The maximum absolute atomic E-state index is 12.9. The van der Waals surface area contributed by atoms with Crippen molar-refractivity contribution in [2.24, 2.45) is 0 Å². The Morgan fingerprint density at radius 1 is 1.10 bits per heavy atom. The molecule has 0 spiro atoms. The van der Waals surface area contributed by atoms with Gasteiger partial charge in [-0.3, -0.25) is 14.8 Å². The minimum atomic E-state index is -4.41. The van der Waals surface area contributed by atoms with E-state index < -0.39 is 11.7 Å². The van der Waals surface area contributed by atoms with E-state index in [0.29, 0.717) is 12.4 Å². The smallest absolute Gasteiger partial charge is 0.338 e. The Balaban J connectivity index is 1.35. The van der Waals surface area contributed by atoms with Crippen LogP contribution in [-0.4, -0.2) is 51.1 Å². The van der Waals surface area contributed by atoms with Gasteiger partial charge < -0.3 is 4.52 Å². The van der Waals surface area contributed by atoms with Crippen molar-refractivity contribution in [1.82, 2.24) is 24.9 Å². The topological polar surface area (TPSA) is 58.3 Å². The van der Waals surface area contributed by atoms with Gasteiger partial charge in [0, 0.05) is 50.2 Å². The highest BCUT2D eigenvalue weighted by Gasteiger charge is 2.31. The molecule has 0 bridgehead atoms. The van der Waals surface area contributed by atoms with E-state index in [-0.39, 0.29) is 17.4 Å². The van der Waals surface area contributed by atoms with E-state index in [9.17, 15) is 13.2 Å². The summed E-state index contributed by atoms with van der Waals surface area (Å²) in [6.45, 7) is 6.11. The summed E-state index contributed by atoms with van der Waals surface area (Å²) in [7, 11) is 0. The Hall–Kier alpha value is -2.78. The SMILES string of the molecule is CC(c1cccnc1)N1CCN(Cc2nc(-c3cccc(C(F)(F)F)c3)no2)CC1. The number of rotatable bonds is 5. The van der Waals surface area contributed by atoms with Crippen molar-refractivity contribution < 1.29 is 17.7 Å². The Bertz CT molecular complexity index is 968. The Morgan fingerprint density at radius 3 is 2.60 bits per heavy atom. The van der Waals surface area contributed by atoms with Gasteiger partial charge in [-0.25, -0.2) is 0 Å². The van der Waals surface area contributed by atoms with Crippen LogP contribution in [0.25, 0.3) is 11.4 Å². The highest BCUT2D eigenvalue weighted by Crippen LogP contribution is 2.31. The van der Waals surface area contributed by atoms with Gasteiger partial charge in [0.1, 0.15) is 0 Å². The number of pyridine rings is 1. The van der Waals surface area contributed by atoms with Crippen LogP contribution in [0.2, 0.25) is 0 Å². The van der Waals surface area contributed by atoms with E-state index in [2.05, 4.69) is 37.9 Å². The lowest BCUT2D eigenvalue weighted by Gasteiger charge is -2.37. The fourth-order valence-electron chi connectivity index (χ4n) is 3.60. The minimum Gasteiger partial charge on any atom is -0.338 e. The molecule has 2 aromatic heterocycles. The summed E-state index contributed by atoms with van der Waals surface area (Å²) in [4.78, 5) is 13.1. The predicted octanol–water partition coefficient (Wildman–Crippen LogP) is 4.03. The number of halogens is 3. The molecule has 0 N–H and O–H groups in total. The molecule has 0 aliphatic carbocycles. The molecular weight excluding hydrogens is 395 g/mol. The summed E-state index contributed by atoms with van der Waals surface area (Å²) in [5, 5.41) is 3.86. The van der Waals surface area contributed by atoms with Crippen LogP contribution in [-0.2, 0) is 12.7 Å². The van der Waals surface area contributed by atoms with Gasteiger partial charge in [-0.15, -0.1) is 0 Å². The van der Waals surface area contributed by atoms with E-state index in [1.807, 2.05) is 12.3 Å². The molecule has 4 rings (SSSR count). The first-order chi connectivity index (χ1) is 14.4. The van der Waals surface area contributed by atoms with E-state index in [0.717, 1.165) is 38.3 Å². The first kappa shape index (κ1) is 20.5. The second kappa shape index (κ2) is 8.53. The molecule has 0 saturated carbocycles. The normalized spacial score (nSPS) is 17.2. The molecule has 6 nitrogen and oxygen atoms in total. The van der Waals surface area contributed by atoms with Crippen molar-refractivity contribution in [2.45, 2.75) is 25.7 Å². The second-order valence-corrected chi connectivity index (χ2v) is 7.36. The van der Waals surface area contributed by atoms with E-state index in [1.54, 1.807) is 12.3 Å². The third-order valence-electron chi connectivity index (χ3n) is 5.40. The zero-order valence-corrected chi connectivity index (χ0v) is 16.5. The third kappa shape index (κ3) is 4.68. The average molecular weight is 417 g/mol. The van der Waals surface area contributed by atoms with Crippen LogP contribution in [0.1, 0.15) is 30.0 Å². The molecule has 30 heavy (non-hydrogen) atoms. The van der Waals surface area contributed by atoms with Crippen LogP contribution in [0.5, 0.6) is 0 Å². The third-order valence-corrected chi connectivity index (χ3v) is 5.40. The summed E-state index contributed by atoms with van der Waals surface area (Å²) >= 11 is 0. The molecule has 1 unspecified atom stereocenters. The molecule has 1 aliphatic heterocycles. The van der Waals surface area contributed by atoms with Crippen LogP contribution in [0.15, 0.2) is 53.3 Å². The molecule has 1 atom stereocenters. The van der Waals surface area contributed by atoms with Crippen molar-refractivity contribution in [3.05, 3.63) is 65.8 Å². The van der Waals surface area contributed by atoms with E-state index in [1.165, 1.54) is 11.6 Å². The van der Waals surface area contributed by atoms with Crippen LogP contribution < -0.4 is 0 Å². The van der Waals surface area contributed by atoms with Crippen molar-refractivity contribution in [3.8, 4) is 11.4 Å². The molecule has 1 saturated heterocycles. The van der Waals surface area contributed by atoms with Gasteiger partial charge in [-0.2, -0.15) is 18.2 Å². The molecular formula is C21H22F3N5O. The van der Waals surface area contributed by atoms with Gasteiger partial charge in [0.2, 0.25) is 11.7 Å². The number of benzene rings is 1. The monoisotopic (exact) mass is 417 g/mol. The Kier molecular flexibility index (Phi) is 5.83. The van der Waals surface area contributed by atoms with E-state index >= 15 is 0 Å². The first-order valence-electron chi connectivity index (χ1n) is 9.77. The molecule has 1 aromatic carbocycles. The number of piperazine rings is 1. The summed E-state index contributed by atoms with van der Waals surface area (Å²) in [6.07, 6.45) is -0.744. The lowest BCUT2D eigenvalue weighted by Crippen LogP contribution is -2.46. The Morgan fingerprint density at radius 2 is 1.90 bits per heavy atom. The highest BCUT2D eigenvalue weighted by molar-refractivity contribution is 5.55. The largest absolute Gasteiger partial charge is 0.416 e. The maximum atomic E-state index is 12.9. The van der Waals surface area contributed by atoms with Crippen molar-refractivity contribution in [3.63, 3.8) is 0 Å². The van der Waals surface area contributed by atoms with Gasteiger partial charge >= 0.3 is 6.18 Å². The van der Waals surface area contributed by atoms with Gasteiger partial charge in [0.15, 0.2) is 0 Å². The van der Waals surface area contributed by atoms with Crippen LogP contribution in [0, 0.1) is 0 Å². The number of nitrogens with zero attached hydrogens (tertiary/aromatic N) is 5. The fourth-order valence-corrected chi connectivity index (χ4v) is 3.60. The van der Waals surface area contributed by atoms with Gasteiger partial charge in [0.05, 0.1) is 12.1 Å². The lowest BCUT2D eigenvalue weighted by atomic mass is 10.1. The summed E-state index contributed by atoms with van der Waals surface area (Å²) in [5.41, 5.74) is 0.744. The average Bonchev–Trinajstić information content (AvgIpc) is 3.22. The molecule has 0 amide bonds. The lowest BCUT2D eigenvalue weighted by molar-refractivity contribution is -0.137. The van der Waals surface area contributed by atoms with Crippen LogP contribution in [0.4, 0.5) is 13.2 Å². The molecule has 3 aromatic rings. The van der Waals surface area contributed by atoms with Gasteiger partial charge in [0.25, 0.3) is 0 Å². The second-order valence-electron chi connectivity index (χ2n) is 7.36. The molecule has 0 radical (unpaired) electrons. The first-order valence-corrected chi connectivity index (χ1v) is 9.77. The molecule has 1 fully saturated rings.